The van der Waals surface area contributed by atoms with Gasteiger partial charge in [-0.05, 0) is 50.2 Å². The first-order valence-corrected chi connectivity index (χ1v) is 9.46. The number of hydrogen-bond acceptors (Lipinski definition) is 4. The van der Waals surface area contributed by atoms with Gasteiger partial charge in [0.05, 0.1) is 18.8 Å². The van der Waals surface area contributed by atoms with Crippen molar-refractivity contribution < 1.29 is 9.53 Å². The summed E-state index contributed by atoms with van der Waals surface area (Å²) in [4.78, 5) is 18.0. The molecule has 4 heteroatoms. The molecule has 1 aromatic carbocycles. The molecule has 0 bridgehead atoms. The molecule has 1 aromatic rings. The van der Waals surface area contributed by atoms with Gasteiger partial charge in [0.15, 0.2) is 5.78 Å². The molecule has 1 heterocycles. The maximum Gasteiger partial charge on any atom is 0.183 e. The molecule has 0 spiro atoms. The number of ether oxygens (including phenoxy) is 1. The van der Waals surface area contributed by atoms with Crippen LogP contribution >= 0.6 is 0 Å². The number of likely N-dealkylation sites (N-methyl/N-ethyl adjacent to an activating group) is 1. The summed E-state index contributed by atoms with van der Waals surface area (Å²) in [5.74, 6) is 0.201. The van der Waals surface area contributed by atoms with Crippen molar-refractivity contribution in [3.05, 3.63) is 42.5 Å². The lowest BCUT2D eigenvalue weighted by Gasteiger charge is -2.41. The first-order chi connectivity index (χ1) is 12.1. The Labute approximate surface area is 152 Å². The van der Waals surface area contributed by atoms with Crippen LogP contribution in [0.5, 0.6) is 0 Å². The molecule has 0 amide bonds. The van der Waals surface area contributed by atoms with Gasteiger partial charge in [0.25, 0.3) is 0 Å². The third-order valence-corrected chi connectivity index (χ3v) is 5.36. The third-order valence-electron chi connectivity index (χ3n) is 5.36. The molecule has 0 aromatic heterocycles. The average molecular weight is 344 g/mol. The monoisotopic (exact) mass is 344 g/mol. The van der Waals surface area contributed by atoms with E-state index in [0.29, 0.717) is 6.42 Å². The number of morpholine rings is 1. The van der Waals surface area contributed by atoms with Gasteiger partial charge in [-0.3, -0.25) is 9.69 Å². The zero-order valence-corrected chi connectivity index (χ0v) is 16.0. The molecule has 0 radical (unpaired) electrons. The summed E-state index contributed by atoms with van der Waals surface area (Å²) in [6, 6.07) is 8.08. The van der Waals surface area contributed by atoms with Crippen molar-refractivity contribution in [3.63, 3.8) is 0 Å². The largest absolute Gasteiger partial charge is 0.378 e. The Bertz CT molecular complexity index is 560. The van der Waals surface area contributed by atoms with Crippen LogP contribution in [0.4, 0.5) is 5.69 Å². The topological polar surface area (TPSA) is 32.8 Å². The van der Waals surface area contributed by atoms with Crippen LogP contribution in [-0.4, -0.2) is 55.6 Å². The average Bonchev–Trinajstić information content (AvgIpc) is 2.68. The van der Waals surface area contributed by atoms with Crippen molar-refractivity contribution in [2.75, 3.05) is 44.3 Å². The fourth-order valence-corrected chi connectivity index (χ4v) is 3.88. The molecule has 25 heavy (non-hydrogen) atoms. The summed E-state index contributed by atoms with van der Waals surface area (Å²) < 4.78 is 5.41. The van der Waals surface area contributed by atoms with E-state index in [-0.39, 0.29) is 5.78 Å². The minimum Gasteiger partial charge on any atom is -0.378 e. The van der Waals surface area contributed by atoms with Crippen LogP contribution in [0, 0.1) is 0 Å². The standard InChI is InChI=1S/C21H32N2O2/c1-5-13-21(6-2,23(7-3)8-4)20(24)18-9-11-19(12-10-18)22-14-16-25-17-15-22/h5,9-12H,1,6-8,13-17H2,2-4H3. The highest BCUT2D eigenvalue weighted by molar-refractivity contribution is 6.03. The normalized spacial score (nSPS) is 17.4. The van der Waals surface area contributed by atoms with E-state index in [0.717, 1.165) is 57.1 Å². The van der Waals surface area contributed by atoms with Crippen LogP contribution in [0.3, 0.4) is 0 Å². The Balaban J connectivity index is 2.27. The molecule has 1 saturated heterocycles. The molecule has 2 rings (SSSR count). The van der Waals surface area contributed by atoms with E-state index in [4.69, 9.17) is 4.74 Å². The number of rotatable bonds is 9. The molecule has 138 valence electrons. The van der Waals surface area contributed by atoms with Crippen molar-refractivity contribution in [1.29, 1.82) is 0 Å². The number of carbonyl (C=O) groups is 1. The van der Waals surface area contributed by atoms with Gasteiger partial charge in [0.1, 0.15) is 0 Å². The number of carbonyl (C=O) groups excluding carboxylic acids is 1. The lowest BCUT2D eigenvalue weighted by molar-refractivity contribution is 0.0558. The molecule has 1 aliphatic rings. The number of Topliss-reactive ketones (excluding diaryl/α,β-unsaturated/α-hetero) is 1. The van der Waals surface area contributed by atoms with Crippen LogP contribution in [-0.2, 0) is 4.74 Å². The number of hydrogen-bond donors (Lipinski definition) is 0. The SMILES string of the molecule is C=CCC(CC)(C(=O)c1ccc(N2CCOCC2)cc1)N(CC)CC. The molecule has 1 unspecified atom stereocenters. The summed E-state index contributed by atoms with van der Waals surface area (Å²) in [5.41, 5.74) is 1.45. The van der Waals surface area contributed by atoms with E-state index in [9.17, 15) is 4.79 Å². The first kappa shape index (κ1) is 19.7. The number of anilines is 1. The van der Waals surface area contributed by atoms with Crippen molar-refractivity contribution in [1.82, 2.24) is 4.90 Å². The Morgan fingerprint density at radius 2 is 1.80 bits per heavy atom. The maximum absolute atomic E-state index is 13.4. The predicted octanol–water partition coefficient (Wildman–Crippen LogP) is 3.77. The first-order valence-electron chi connectivity index (χ1n) is 9.46. The van der Waals surface area contributed by atoms with E-state index >= 15 is 0 Å². The summed E-state index contributed by atoms with van der Waals surface area (Å²) >= 11 is 0. The Morgan fingerprint density at radius 1 is 1.20 bits per heavy atom. The molecular weight excluding hydrogens is 312 g/mol. The second kappa shape index (κ2) is 9.16. The summed E-state index contributed by atoms with van der Waals surface area (Å²) in [6.45, 7) is 15.3. The molecule has 0 saturated carbocycles. The lowest BCUT2D eigenvalue weighted by atomic mass is 9.81. The third kappa shape index (κ3) is 4.13. The number of benzene rings is 1. The smallest absolute Gasteiger partial charge is 0.183 e. The minimum atomic E-state index is -0.494. The van der Waals surface area contributed by atoms with E-state index in [1.165, 1.54) is 0 Å². The predicted molar refractivity (Wildman–Crippen MR) is 105 cm³/mol. The van der Waals surface area contributed by atoms with Crippen LogP contribution < -0.4 is 4.90 Å². The van der Waals surface area contributed by atoms with Gasteiger partial charge in [-0.2, -0.15) is 0 Å². The summed E-state index contributed by atoms with van der Waals surface area (Å²) in [5, 5.41) is 0. The van der Waals surface area contributed by atoms with Gasteiger partial charge in [-0.15, -0.1) is 6.58 Å². The van der Waals surface area contributed by atoms with Crippen molar-refractivity contribution in [2.45, 2.75) is 39.2 Å². The van der Waals surface area contributed by atoms with Crippen LogP contribution in [0.1, 0.15) is 44.0 Å². The minimum absolute atomic E-state index is 0.201. The van der Waals surface area contributed by atoms with E-state index in [2.05, 4.69) is 49.3 Å². The van der Waals surface area contributed by atoms with Gasteiger partial charge in [0.2, 0.25) is 0 Å². The van der Waals surface area contributed by atoms with Crippen molar-refractivity contribution in [3.8, 4) is 0 Å². The van der Waals surface area contributed by atoms with Gasteiger partial charge >= 0.3 is 0 Å². The maximum atomic E-state index is 13.4. The summed E-state index contributed by atoms with van der Waals surface area (Å²) in [7, 11) is 0. The zero-order chi connectivity index (χ0) is 18.3. The molecule has 1 fully saturated rings. The Hall–Kier alpha value is -1.65. The van der Waals surface area contributed by atoms with Gasteiger partial charge in [-0.25, -0.2) is 0 Å². The second-order valence-corrected chi connectivity index (χ2v) is 6.53. The highest BCUT2D eigenvalue weighted by Gasteiger charge is 2.40. The van der Waals surface area contributed by atoms with E-state index in [1.807, 2.05) is 18.2 Å². The van der Waals surface area contributed by atoms with Crippen LogP contribution in [0.25, 0.3) is 0 Å². The van der Waals surface area contributed by atoms with Crippen LogP contribution in [0.15, 0.2) is 36.9 Å². The van der Waals surface area contributed by atoms with Crippen molar-refractivity contribution in [2.24, 2.45) is 0 Å². The molecule has 4 nitrogen and oxygen atoms in total. The van der Waals surface area contributed by atoms with Gasteiger partial charge in [-0.1, -0.05) is 26.8 Å². The molecule has 0 N–H and O–H groups in total. The second-order valence-electron chi connectivity index (χ2n) is 6.53. The zero-order valence-electron chi connectivity index (χ0n) is 16.0. The number of ketones is 1. The Morgan fingerprint density at radius 3 is 2.28 bits per heavy atom. The van der Waals surface area contributed by atoms with E-state index < -0.39 is 5.54 Å². The van der Waals surface area contributed by atoms with Crippen molar-refractivity contribution >= 4 is 11.5 Å². The van der Waals surface area contributed by atoms with Gasteiger partial charge < -0.3 is 9.64 Å². The van der Waals surface area contributed by atoms with Gasteiger partial charge in [0, 0.05) is 24.3 Å². The van der Waals surface area contributed by atoms with Crippen LogP contribution in [0.2, 0.25) is 0 Å². The van der Waals surface area contributed by atoms with E-state index in [1.54, 1.807) is 0 Å². The summed E-state index contributed by atoms with van der Waals surface area (Å²) in [6.07, 6.45) is 3.34. The molecular formula is C21H32N2O2. The molecule has 1 aliphatic heterocycles. The number of nitrogens with zero attached hydrogens (tertiary/aromatic N) is 2. The highest BCUT2D eigenvalue weighted by atomic mass is 16.5. The Kier molecular flexibility index (Phi) is 7.21. The highest BCUT2D eigenvalue weighted by Crippen LogP contribution is 2.30. The fourth-order valence-electron chi connectivity index (χ4n) is 3.88. The molecule has 0 aliphatic carbocycles. The quantitative estimate of drug-likeness (QED) is 0.504. The lowest BCUT2D eigenvalue weighted by Crippen LogP contribution is -2.54. The molecule has 1 atom stereocenters. The fraction of sp³-hybridized carbons (Fsp3) is 0.571.